The highest BCUT2D eigenvalue weighted by atomic mass is 32.2. The lowest BCUT2D eigenvalue weighted by molar-refractivity contribution is 0.777. The lowest BCUT2D eigenvalue weighted by Gasteiger charge is -2.35. The zero-order chi connectivity index (χ0) is 16.0. The third kappa shape index (κ3) is 2.39. The fourth-order valence-electron chi connectivity index (χ4n) is 3.24. The topological polar surface area (TPSA) is 3.24 Å². The Morgan fingerprint density at radius 3 is 2.35 bits per heavy atom. The predicted molar refractivity (Wildman–Crippen MR) is 102 cm³/mol. The van der Waals surface area contributed by atoms with Gasteiger partial charge in [-0.25, -0.2) is 0 Å². The van der Waals surface area contributed by atoms with E-state index in [1.165, 1.54) is 36.5 Å². The molecule has 0 radical (unpaired) electrons. The SMILES string of the molecule is Cc1sc2c(c1-c1ccccc1)N(C(C)C)c1ccccc1S2. The normalized spacial score (nSPS) is 13.1. The Kier molecular flexibility index (Phi) is 3.70. The summed E-state index contributed by atoms with van der Waals surface area (Å²) >= 11 is 3.83. The molecule has 1 nitrogen and oxygen atoms in total. The average molecular weight is 338 g/mol. The largest absolute Gasteiger partial charge is 0.336 e. The van der Waals surface area contributed by atoms with Crippen LogP contribution in [-0.4, -0.2) is 6.04 Å². The molecule has 0 saturated carbocycles. The quantitative estimate of drug-likeness (QED) is 0.510. The molecule has 1 aliphatic heterocycles. The second-order valence-electron chi connectivity index (χ2n) is 6.07. The van der Waals surface area contributed by atoms with Crippen LogP contribution in [-0.2, 0) is 0 Å². The first kappa shape index (κ1) is 14.9. The molecule has 0 unspecified atom stereocenters. The molecular weight excluding hydrogens is 318 g/mol. The number of thiophene rings is 1. The first-order valence-electron chi connectivity index (χ1n) is 7.91. The summed E-state index contributed by atoms with van der Waals surface area (Å²) in [5, 5.41) is 0. The highest BCUT2D eigenvalue weighted by molar-refractivity contribution is 8.01. The first-order chi connectivity index (χ1) is 11.2. The molecule has 1 aliphatic rings. The number of aryl methyl sites for hydroxylation is 1. The fraction of sp³-hybridized carbons (Fsp3) is 0.200. The second kappa shape index (κ2) is 5.73. The Labute approximate surface area is 146 Å². The summed E-state index contributed by atoms with van der Waals surface area (Å²) < 4.78 is 1.41. The van der Waals surface area contributed by atoms with Crippen molar-refractivity contribution in [1.29, 1.82) is 0 Å². The minimum absolute atomic E-state index is 0.423. The number of rotatable bonds is 2. The molecule has 3 aromatic rings. The van der Waals surface area contributed by atoms with Crippen LogP contribution in [0.3, 0.4) is 0 Å². The van der Waals surface area contributed by atoms with E-state index in [9.17, 15) is 0 Å². The maximum absolute atomic E-state index is 2.51. The third-order valence-corrected chi connectivity index (χ3v) is 6.51. The van der Waals surface area contributed by atoms with Crippen LogP contribution in [0.5, 0.6) is 0 Å². The van der Waals surface area contributed by atoms with Crippen molar-refractivity contribution >= 4 is 34.5 Å². The number of para-hydroxylation sites is 1. The van der Waals surface area contributed by atoms with Crippen molar-refractivity contribution in [2.75, 3.05) is 4.90 Å². The van der Waals surface area contributed by atoms with Gasteiger partial charge in [-0.3, -0.25) is 0 Å². The van der Waals surface area contributed by atoms with Gasteiger partial charge in [-0.2, -0.15) is 0 Å². The number of fused-ring (bicyclic) bond motifs is 2. The molecule has 4 rings (SSSR count). The number of nitrogens with zero attached hydrogens (tertiary/aromatic N) is 1. The van der Waals surface area contributed by atoms with Gasteiger partial charge in [0.25, 0.3) is 0 Å². The highest BCUT2D eigenvalue weighted by Crippen LogP contribution is 2.57. The van der Waals surface area contributed by atoms with E-state index in [2.05, 4.69) is 80.3 Å². The van der Waals surface area contributed by atoms with Crippen molar-refractivity contribution in [2.45, 2.75) is 35.9 Å². The first-order valence-corrected chi connectivity index (χ1v) is 9.55. The molecule has 0 spiro atoms. The van der Waals surface area contributed by atoms with E-state index in [0.29, 0.717) is 6.04 Å². The van der Waals surface area contributed by atoms with Crippen molar-refractivity contribution in [3.63, 3.8) is 0 Å². The van der Waals surface area contributed by atoms with Crippen LogP contribution in [0, 0.1) is 6.92 Å². The second-order valence-corrected chi connectivity index (χ2v) is 8.60. The van der Waals surface area contributed by atoms with Gasteiger partial charge >= 0.3 is 0 Å². The summed E-state index contributed by atoms with van der Waals surface area (Å²) in [5.41, 5.74) is 5.42. The van der Waals surface area contributed by atoms with E-state index in [1.807, 2.05) is 23.1 Å². The summed E-state index contributed by atoms with van der Waals surface area (Å²) in [7, 11) is 0. The fourth-order valence-corrected chi connectivity index (χ4v) is 5.86. The molecule has 0 saturated heterocycles. The minimum Gasteiger partial charge on any atom is -0.336 e. The van der Waals surface area contributed by atoms with Gasteiger partial charge in [-0.1, -0.05) is 54.2 Å². The Balaban J connectivity index is 1.98. The lowest BCUT2D eigenvalue weighted by Crippen LogP contribution is -2.27. The molecule has 0 bridgehead atoms. The van der Waals surface area contributed by atoms with E-state index >= 15 is 0 Å². The van der Waals surface area contributed by atoms with Crippen molar-refractivity contribution < 1.29 is 0 Å². The molecule has 0 amide bonds. The predicted octanol–water partition coefficient (Wildman–Crippen LogP) is 6.73. The Bertz CT molecular complexity index is 849. The molecule has 0 aliphatic carbocycles. The average Bonchev–Trinajstić information content (AvgIpc) is 2.88. The van der Waals surface area contributed by atoms with E-state index in [-0.39, 0.29) is 0 Å². The van der Waals surface area contributed by atoms with Gasteiger partial charge in [0.15, 0.2) is 0 Å². The molecular formula is C20H19NS2. The number of hydrogen-bond acceptors (Lipinski definition) is 3. The van der Waals surface area contributed by atoms with Crippen LogP contribution >= 0.6 is 23.1 Å². The molecule has 2 heterocycles. The van der Waals surface area contributed by atoms with Crippen LogP contribution in [0.4, 0.5) is 11.4 Å². The van der Waals surface area contributed by atoms with Gasteiger partial charge in [-0.05, 0) is 38.5 Å². The van der Waals surface area contributed by atoms with E-state index in [0.717, 1.165) is 0 Å². The smallest absolute Gasteiger partial charge is 0.0894 e. The van der Waals surface area contributed by atoms with Gasteiger partial charge in [0.2, 0.25) is 0 Å². The molecule has 0 atom stereocenters. The highest BCUT2D eigenvalue weighted by Gasteiger charge is 2.31. The van der Waals surface area contributed by atoms with Crippen LogP contribution in [0.2, 0.25) is 0 Å². The molecule has 116 valence electrons. The summed E-state index contributed by atoms with van der Waals surface area (Å²) in [6, 6.07) is 20.0. The summed E-state index contributed by atoms with van der Waals surface area (Å²) in [4.78, 5) is 5.26. The van der Waals surface area contributed by atoms with Crippen LogP contribution in [0.1, 0.15) is 18.7 Å². The number of anilines is 2. The van der Waals surface area contributed by atoms with Crippen molar-refractivity contribution in [1.82, 2.24) is 0 Å². The van der Waals surface area contributed by atoms with Crippen LogP contribution < -0.4 is 4.90 Å². The minimum atomic E-state index is 0.423. The van der Waals surface area contributed by atoms with Gasteiger partial charge in [0, 0.05) is 21.4 Å². The van der Waals surface area contributed by atoms with Gasteiger partial charge < -0.3 is 4.90 Å². The van der Waals surface area contributed by atoms with E-state index < -0.39 is 0 Å². The summed E-state index contributed by atoms with van der Waals surface area (Å²) in [5.74, 6) is 0. The zero-order valence-electron chi connectivity index (χ0n) is 13.5. The van der Waals surface area contributed by atoms with Crippen LogP contribution in [0.15, 0.2) is 63.7 Å². The zero-order valence-corrected chi connectivity index (χ0v) is 15.2. The number of benzene rings is 2. The van der Waals surface area contributed by atoms with E-state index in [1.54, 1.807) is 0 Å². The summed E-state index contributed by atoms with van der Waals surface area (Å²) in [6.45, 7) is 6.80. The van der Waals surface area contributed by atoms with Gasteiger partial charge in [0.05, 0.1) is 15.6 Å². The Hall–Kier alpha value is -1.71. The Morgan fingerprint density at radius 1 is 0.913 bits per heavy atom. The van der Waals surface area contributed by atoms with Crippen molar-refractivity contribution in [3.05, 3.63) is 59.5 Å². The van der Waals surface area contributed by atoms with Crippen LogP contribution in [0.25, 0.3) is 11.1 Å². The molecule has 0 fully saturated rings. The Morgan fingerprint density at radius 2 is 1.61 bits per heavy atom. The molecule has 23 heavy (non-hydrogen) atoms. The molecule has 1 aromatic heterocycles. The molecule has 2 aromatic carbocycles. The standard InChI is InChI=1S/C20H19NS2/c1-13(2)21-16-11-7-8-12-17(16)23-20-19(21)18(14(3)22-20)15-9-5-4-6-10-15/h4-13H,1-3H3. The van der Waals surface area contributed by atoms with Crippen molar-refractivity contribution in [3.8, 4) is 11.1 Å². The number of hydrogen-bond donors (Lipinski definition) is 0. The monoisotopic (exact) mass is 337 g/mol. The van der Waals surface area contributed by atoms with Gasteiger partial charge in [-0.15, -0.1) is 11.3 Å². The maximum Gasteiger partial charge on any atom is 0.0894 e. The molecule has 3 heteroatoms. The molecule has 0 N–H and O–H groups in total. The van der Waals surface area contributed by atoms with Crippen molar-refractivity contribution in [2.24, 2.45) is 0 Å². The lowest BCUT2D eigenvalue weighted by atomic mass is 10.0. The summed E-state index contributed by atoms with van der Waals surface area (Å²) in [6.07, 6.45) is 0. The van der Waals surface area contributed by atoms with E-state index in [4.69, 9.17) is 0 Å². The van der Waals surface area contributed by atoms with Gasteiger partial charge in [0.1, 0.15) is 0 Å². The maximum atomic E-state index is 2.51. The third-order valence-electron chi connectivity index (χ3n) is 4.18.